The Kier molecular flexibility index (Phi) is 2.78. The Morgan fingerprint density at radius 3 is 2.58 bits per heavy atom. The van der Waals surface area contributed by atoms with Crippen LogP contribution in [-0.4, -0.2) is 23.9 Å². The summed E-state index contributed by atoms with van der Waals surface area (Å²) in [6, 6.07) is 3.94. The molecule has 1 aromatic heterocycles. The Morgan fingerprint density at radius 2 is 1.89 bits per heavy atom. The fourth-order valence-electron chi connectivity index (χ4n) is 2.11. The van der Waals surface area contributed by atoms with Gasteiger partial charge in [-0.15, -0.1) is 11.3 Å². The molecule has 2 aliphatic rings. The third kappa shape index (κ3) is 1.81. The molecule has 0 radical (unpaired) electrons. The maximum Gasteiger partial charge on any atom is 0.163 e. The van der Waals surface area contributed by atoms with Crippen molar-refractivity contribution in [1.82, 2.24) is 4.98 Å². The van der Waals surface area contributed by atoms with Crippen LogP contribution in [0.15, 0.2) is 22.5 Å². The molecule has 0 N–H and O–H groups in total. The van der Waals surface area contributed by atoms with Crippen molar-refractivity contribution >= 4 is 22.7 Å². The number of aliphatic imine (C=N–C) groups is 1. The van der Waals surface area contributed by atoms with Crippen molar-refractivity contribution in [1.29, 1.82) is 0 Å². The molecule has 0 aliphatic carbocycles. The van der Waals surface area contributed by atoms with Crippen LogP contribution in [0.1, 0.15) is 23.7 Å². The number of aromatic nitrogens is 1. The molecule has 2 aliphatic heterocycles. The first kappa shape index (κ1) is 12.2. The van der Waals surface area contributed by atoms with E-state index in [0.717, 1.165) is 39.2 Å². The standard InChI is InChI=1S/C13H10N2O2S.CH4/c1-7-6-18-13(14-7)12-8-4-10-11(5-9(8)15-12)17-3-2-16-10;/h4-6H,2-3H2,1H3;1H4. The largest absolute Gasteiger partial charge is 0.486 e. The number of thiazole rings is 1. The minimum Gasteiger partial charge on any atom is -0.486 e. The van der Waals surface area contributed by atoms with Gasteiger partial charge in [-0.25, -0.2) is 9.98 Å². The Balaban J connectivity index is 0.00000110. The molecular weight excluding hydrogens is 260 g/mol. The maximum atomic E-state index is 5.59. The van der Waals surface area contributed by atoms with Gasteiger partial charge in [-0.2, -0.15) is 0 Å². The average molecular weight is 274 g/mol. The lowest BCUT2D eigenvalue weighted by Crippen LogP contribution is -2.18. The van der Waals surface area contributed by atoms with Gasteiger partial charge in [0.05, 0.1) is 5.69 Å². The van der Waals surface area contributed by atoms with E-state index in [1.54, 1.807) is 11.3 Å². The van der Waals surface area contributed by atoms with Gasteiger partial charge in [0.1, 0.15) is 23.9 Å². The third-order valence-corrected chi connectivity index (χ3v) is 3.94. The fourth-order valence-corrected chi connectivity index (χ4v) is 2.91. The lowest BCUT2D eigenvalue weighted by molar-refractivity contribution is 0.171. The summed E-state index contributed by atoms with van der Waals surface area (Å²) in [6.45, 7) is 3.20. The number of hydrogen-bond acceptors (Lipinski definition) is 5. The van der Waals surface area contributed by atoms with E-state index in [2.05, 4.69) is 9.98 Å². The zero-order valence-electron chi connectivity index (χ0n) is 9.77. The van der Waals surface area contributed by atoms with Crippen molar-refractivity contribution in [2.24, 2.45) is 4.99 Å². The van der Waals surface area contributed by atoms with Crippen LogP contribution < -0.4 is 9.47 Å². The molecule has 98 valence electrons. The predicted octanol–water partition coefficient (Wildman–Crippen LogP) is 3.34. The first-order chi connectivity index (χ1) is 8.81. The second-order valence-corrected chi connectivity index (χ2v) is 5.13. The van der Waals surface area contributed by atoms with Crippen LogP contribution in [0, 0.1) is 6.92 Å². The molecule has 0 atom stereocenters. The lowest BCUT2D eigenvalue weighted by atomic mass is 10.0. The molecule has 5 heteroatoms. The van der Waals surface area contributed by atoms with Gasteiger partial charge in [-0.1, -0.05) is 7.43 Å². The summed E-state index contributed by atoms with van der Waals surface area (Å²) in [4.78, 5) is 8.96. The lowest BCUT2D eigenvalue weighted by Gasteiger charge is -2.23. The van der Waals surface area contributed by atoms with E-state index in [-0.39, 0.29) is 7.43 Å². The molecule has 0 fully saturated rings. The topological polar surface area (TPSA) is 43.7 Å². The van der Waals surface area contributed by atoms with Crippen molar-refractivity contribution in [3.8, 4) is 11.5 Å². The Morgan fingerprint density at radius 1 is 1.16 bits per heavy atom. The van der Waals surface area contributed by atoms with Gasteiger partial charge in [0, 0.05) is 22.7 Å². The van der Waals surface area contributed by atoms with E-state index in [0.29, 0.717) is 13.2 Å². The molecule has 1 aromatic carbocycles. The summed E-state index contributed by atoms with van der Waals surface area (Å²) in [7, 11) is 0. The minimum absolute atomic E-state index is 0. The highest BCUT2D eigenvalue weighted by molar-refractivity contribution is 7.12. The van der Waals surface area contributed by atoms with Gasteiger partial charge in [-0.3, -0.25) is 0 Å². The second-order valence-electron chi connectivity index (χ2n) is 4.27. The van der Waals surface area contributed by atoms with Gasteiger partial charge < -0.3 is 9.47 Å². The van der Waals surface area contributed by atoms with Crippen LogP contribution in [0.2, 0.25) is 0 Å². The summed E-state index contributed by atoms with van der Waals surface area (Å²) in [5, 5.41) is 3.00. The zero-order chi connectivity index (χ0) is 12.1. The van der Waals surface area contributed by atoms with Crippen molar-refractivity contribution < 1.29 is 9.47 Å². The third-order valence-electron chi connectivity index (χ3n) is 2.97. The molecule has 3 heterocycles. The SMILES string of the molecule is C.Cc1csc(C2=Nc3cc4c(cc32)OCCO4)n1. The quantitative estimate of drug-likeness (QED) is 0.683. The molecule has 0 amide bonds. The van der Waals surface area contributed by atoms with Crippen molar-refractivity contribution in [2.75, 3.05) is 13.2 Å². The number of aryl methyl sites for hydroxylation is 1. The van der Waals surface area contributed by atoms with Crippen molar-refractivity contribution in [2.45, 2.75) is 14.4 Å². The molecule has 0 saturated carbocycles. The molecule has 19 heavy (non-hydrogen) atoms. The van der Waals surface area contributed by atoms with Crippen LogP contribution in [0.25, 0.3) is 0 Å². The smallest absolute Gasteiger partial charge is 0.163 e. The van der Waals surface area contributed by atoms with Crippen LogP contribution in [0.5, 0.6) is 11.5 Å². The zero-order valence-corrected chi connectivity index (χ0v) is 10.6. The average Bonchev–Trinajstić information content (AvgIpc) is 2.78. The Bertz CT molecular complexity index is 676. The van der Waals surface area contributed by atoms with E-state index >= 15 is 0 Å². The normalized spacial score (nSPS) is 14.9. The first-order valence-corrected chi connectivity index (χ1v) is 6.64. The number of nitrogens with zero attached hydrogens (tertiary/aromatic N) is 2. The highest BCUT2D eigenvalue weighted by atomic mass is 32.1. The first-order valence-electron chi connectivity index (χ1n) is 5.76. The van der Waals surface area contributed by atoms with Crippen LogP contribution >= 0.6 is 11.3 Å². The summed E-state index contributed by atoms with van der Waals surface area (Å²) in [6.07, 6.45) is 0. The Hall–Kier alpha value is -1.88. The van der Waals surface area contributed by atoms with Crippen LogP contribution in [-0.2, 0) is 0 Å². The minimum atomic E-state index is 0. The molecule has 4 rings (SSSR count). The number of fused-ring (bicyclic) bond motifs is 2. The van der Waals surface area contributed by atoms with E-state index in [9.17, 15) is 0 Å². The van der Waals surface area contributed by atoms with Crippen molar-refractivity contribution in [3.63, 3.8) is 0 Å². The molecule has 0 unspecified atom stereocenters. The Labute approximate surface area is 115 Å². The molecule has 4 nitrogen and oxygen atoms in total. The van der Waals surface area contributed by atoms with E-state index < -0.39 is 0 Å². The van der Waals surface area contributed by atoms with Gasteiger partial charge in [0.15, 0.2) is 11.5 Å². The molecule has 0 spiro atoms. The summed E-state index contributed by atoms with van der Waals surface area (Å²) < 4.78 is 11.1. The van der Waals surface area contributed by atoms with E-state index in [1.165, 1.54) is 0 Å². The predicted molar refractivity (Wildman–Crippen MR) is 76.3 cm³/mol. The number of hydrogen-bond donors (Lipinski definition) is 0. The molecule has 0 bridgehead atoms. The fraction of sp³-hybridized carbons (Fsp3) is 0.286. The van der Waals surface area contributed by atoms with E-state index in [1.807, 2.05) is 24.4 Å². The van der Waals surface area contributed by atoms with Gasteiger partial charge in [-0.05, 0) is 13.0 Å². The number of benzene rings is 1. The van der Waals surface area contributed by atoms with Gasteiger partial charge in [0.25, 0.3) is 0 Å². The summed E-state index contributed by atoms with van der Waals surface area (Å²) in [5.41, 5.74) is 4.06. The van der Waals surface area contributed by atoms with E-state index in [4.69, 9.17) is 9.47 Å². The summed E-state index contributed by atoms with van der Waals surface area (Å²) in [5.74, 6) is 1.60. The molecular formula is C14H14N2O2S. The summed E-state index contributed by atoms with van der Waals surface area (Å²) >= 11 is 1.62. The van der Waals surface area contributed by atoms with Crippen LogP contribution in [0.3, 0.4) is 0 Å². The molecule has 2 aromatic rings. The second kappa shape index (κ2) is 4.35. The highest BCUT2D eigenvalue weighted by Gasteiger charge is 2.26. The monoisotopic (exact) mass is 274 g/mol. The maximum absolute atomic E-state index is 5.59. The molecule has 0 saturated heterocycles. The van der Waals surface area contributed by atoms with Gasteiger partial charge in [0.2, 0.25) is 0 Å². The number of ether oxygens (including phenoxy) is 2. The van der Waals surface area contributed by atoms with Crippen LogP contribution in [0.4, 0.5) is 5.69 Å². The van der Waals surface area contributed by atoms with Crippen molar-refractivity contribution in [3.05, 3.63) is 33.8 Å². The van der Waals surface area contributed by atoms with Gasteiger partial charge >= 0.3 is 0 Å². The number of rotatable bonds is 1. The highest BCUT2D eigenvalue weighted by Crippen LogP contribution is 2.42.